The molecular formula is C22H20F4N4O2. The zero-order chi connectivity index (χ0) is 23.3. The van der Waals surface area contributed by atoms with Crippen molar-refractivity contribution in [2.75, 3.05) is 13.2 Å². The second-order valence-electron chi connectivity index (χ2n) is 6.87. The van der Waals surface area contributed by atoms with Crippen LogP contribution in [-0.2, 0) is 6.18 Å². The van der Waals surface area contributed by atoms with Crippen molar-refractivity contribution in [2.45, 2.75) is 26.1 Å². The van der Waals surface area contributed by atoms with E-state index in [1.807, 2.05) is 0 Å². The highest BCUT2D eigenvalue weighted by Crippen LogP contribution is 2.29. The lowest BCUT2D eigenvalue weighted by Gasteiger charge is -2.28. The lowest BCUT2D eigenvalue weighted by molar-refractivity contribution is -0.137. The summed E-state index contributed by atoms with van der Waals surface area (Å²) >= 11 is 0. The lowest BCUT2D eigenvalue weighted by atomic mass is 10.0. The van der Waals surface area contributed by atoms with Crippen LogP contribution in [0.5, 0.6) is 5.88 Å². The van der Waals surface area contributed by atoms with Crippen molar-refractivity contribution in [1.29, 1.82) is 0 Å². The molecule has 2 aromatic heterocycles. The number of halogens is 4. The quantitative estimate of drug-likeness (QED) is 0.493. The molecule has 0 fully saturated rings. The van der Waals surface area contributed by atoms with Gasteiger partial charge in [0, 0.05) is 31.2 Å². The van der Waals surface area contributed by atoms with Gasteiger partial charge in [0.2, 0.25) is 5.88 Å². The molecule has 0 aliphatic heterocycles. The fraction of sp³-hybridized carbons (Fsp3) is 0.273. The first-order chi connectivity index (χ1) is 15.2. The smallest absolute Gasteiger partial charge is 0.417 e. The van der Waals surface area contributed by atoms with Gasteiger partial charge in [-0.05, 0) is 38.1 Å². The van der Waals surface area contributed by atoms with Gasteiger partial charge in [-0.1, -0.05) is 6.07 Å². The number of alkyl halides is 3. The van der Waals surface area contributed by atoms with E-state index in [2.05, 4.69) is 15.0 Å². The zero-order valence-corrected chi connectivity index (χ0v) is 17.3. The Morgan fingerprint density at radius 1 is 1.09 bits per heavy atom. The Hall–Kier alpha value is -3.56. The number of pyridine rings is 1. The molecule has 10 heteroatoms. The molecule has 0 saturated carbocycles. The van der Waals surface area contributed by atoms with Crippen LogP contribution in [0.3, 0.4) is 0 Å². The second kappa shape index (κ2) is 9.71. The van der Waals surface area contributed by atoms with E-state index in [9.17, 15) is 22.4 Å². The highest BCUT2D eigenvalue weighted by molar-refractivity contribution is 6.00. The van der Waals surface area contributed by atoms with Gasteiger partial charge >= 0.3 is 6.18 Å². The van der Waals surface area contributed by atoms with Crippen LogP contribution in [0, 0.1) is 5.82 Å². The van der Waals surface area contributed by atoms with Crippen LogP contribution in [0.15, 0.2) is 55.0 Å². The second-order valence-corrected chi connectivity index (χ2v) is 6.87. The molecule has 1 unspecified atom stereocenters. The van der Waals surface area contributed by atoms with E-state index in [0.717, 1.165) is 12.1 Å². The summed E-state index contributed by atoms with van der Waals surface area (Å²) in [5.74, 6) is -0.998. The Morgan fingerprint density at radius 2 is 1.81 bits per heavy atom. The van der Waals surface area contributed by atoms with Gasteiger partial charge in [-0.15, -0.1) is 0 Å². The Labute approximate surface area is 181 Å². The first kappa shape index (κ1) is 23.1. The summed E-state index contributed by atoms with van der Waals surface area (Å²) < 4.78 is 58.0. The Balaban J connectivity index is 1.77. The van der Waals surface area contributed by atoms with Crippen molar-refractivity contribution in [3.8, 4) is 17.3 Å². The molecule has 2 heterocycles. The van der Waals surface area contributed by atoms with Gasteiger partial charge < -0.3 is 9.64 Å². The Morgan fingerprint density at radius 3 is 2.41 bits per heavy atom. The third-order valence-corrected chi connectivity index (χ3v) is 4.70. The summed E-state index contributed by atoms with van der Waals surface area (Å²) in [5.41, 5.74) is -0.795. The molecule has 1 aromatic carbocycles. The first-order valence-corrected chi connectivity index (χ1v) is 9.75. The highest BCUT2D eigenvalue weighted by atomic mass is 19.4. The van der Waals surface area contributed by atoms with Gasteiger partial charge in [-0.25, -0.2) is 19.3 Å². The summed E-state index contributed by atoms with van der Waals surface area (Å²) in [6, 6.07) is 7.23. The van der Waals surface area contributed by atoms with Crippen molar-refractivity contribution in [3.63, 3.8) is 0 Å². The Bertz CT molecular complexity index is 1060. The molecule has 0 aliphatic rings. The van der Waals surface area contributed by atoms with Crippen LogP contribution in [0.1, 0.15) is 29.8 Å². The molecule has 1 amide bonds. The van der Waals surface area contributed by atoms with Crippen molar-refractivity contribution in [2.24, 2.45) is 0 Å². The van der Waals surface area contributed by atoms with Crippen LogP contribution < -0.4 is 4.74 Å². The van der Waals surface area contributed by atoms with Crippen molar-refractivity contribution in [3.05, 3.63) is 71.9 Å². The maximum Gasteiger partial charge on any atom is 0.417 e. The van der Waals surface area contributed by atoms with Gasteiger partial charge in [-0.2, -0.15) is 13.2 Å². The van der Waals surface area contributed by atoms with E-state index >= 15 is 0 Å². The molecule has 0 aliphatic carbocycles. The van der Waals surface area contributed by atoms with E-state index in [-0.39, 0.29) is 36.0 Å². The molecule has 168 valence electrons. The van der Waals surface area contributed by atoms with Gasteiger partial charge in [-0.3, -0.25) is 4.79 Å². The topological polar surface area (TPSA) is 68.2 Å². The van der Waals surface area contributed by atoms with Crippen LogP contribution in [0.25, 0.3) is 11.4 Å². The van der Waals surface area contributed by atoms with Gasteiger partial charge in [0.25, 0.3) is 5.91 Å². The van der Waals surface area contributed by atoms with Gasteiger partial charge in [0.05, 0.1) is 22.7 Å². The molecule has 3 rings (SSSR count). The van der Waals surface area contributed by atoms with E-state index in [1.165, 1.54) is 35.5 Å². The van der Waals surface area contributed by atoms with Crippen LogP contribution in [0.2, 0.25) is 0 Å². The monoisotopic (exact) mass is 448 g/mol. The van der Waals surface area contributed by atoms with Crippen LogP contribution >= 0.6 is 0 Å². The normalized spacial score (nSPS) is 12.3. The van der Waals surface area contributed by atoms with Crippen molar-refractivity contribution in [1.82, 2.24) is 19.9 Å². The van der Waals surface area contributed by atoms with E-state index in [4.69, 9.17) is 4.74 Å². The predicted octanol–water partition coefficient (Wildman–Crippen LogP) is 4.63. The number of ether oxygens (including phenoxy) is 1. The third kappa shape index (κ3) is 5.19. The third-order valence-electron chi connectivity index (χ3n) is 4.70. The van der Waals surface area contributed by atoms with Crippen molar-refractivity contribution >= 4 is 5.91 Å². The first-order valence-electron chi connectivity index (χ1n) is 9.75. The number of carbonyl (C=O) groups excluding carboxylic acids is 1. The van der Waals surface area contributed by atoms with Gasteiger partial charge in [0.1, 0.15) is 12.4 Å². The number of rotatable bonds is 7. The molecule has 0 spiro atoms. The number of benzene rings is 1. The number of carbonyl (C=O) groups is 1. The van der Waals surface area contributed by atoms with E-state index in [1.54, 1.807) is 19.9 Å². The fourth-order valence-electron chi connectivity index (χ4n) is 3.10. The molecule has 0 saturated heterocycles. The Kier molecular flexibility index (Phi) is 7.01. The molecule has 0 bridgehead atoms. The molecule has 1 atom stereocenters. The summed E-state index contributed by atoms with van der Waals surface area (Å²) in [5, 5.41) is 0. The maximum atomic E-state index is 14.6. The molecule has 6 nitrogen and oxygen atoms in total. The fourth-order valence-corrected chi connectivity index (χ4v) is 3.10. The number of hydrogen-bond donors (Lipinski definition) is 0. The van der Waals surface area contributed by atoms with E-state index < -0.39 is 29.5 Å². The standard InChI is InChI=1S/C22H20F4N4O2/c1-3-30(14(2)13-32-18-9-8-15(12-29-18)22(24,25)26)21(31)16-6-4-7-17(23)19(16)20-27-10-5-11-28-20/h4-12,14H,3,13H2,1-2H3. The maximum absolute atomic E-state index is 14.6. The SMILES string of the molecule is CCN(C(=O)c1cccc(F)c1-c1ncccn1)C(C)COc1ccc(C(F)(F)F)cn1. The lowest BCUT2D eigenvalue weighted by Crippen LogP contribution is -2.42. The molecular weight excluding hydrogens is 428 g/mol. The number of aromatic nitrogens is 3. The summed E-state index contributed by atoms with van der Waals surface area (Å²) in [7, 11) is 0. The number of amides is 1. The van der Waals surface area contributed by atoms with Gasteiger partial charge in [0.15, 0.2) is 5.82 Å². The summed E-state index contributed by atoms with van der Waals surface area (Å²) in [6.07, 6.45) is -0.903. The molecule has 32 heavy (non-hydrogen) atoms. The minimum atomic E-state index is -4.49. The minimum absolute atomic E-state index is 0.00233. The van der Waals surface area contributed by atoms with Crippen LogP contribution in [0.4, 0.5) is 17.6 Å². The summed E-state index contributed by atoms with van der Waals surface area (Å²) in [4.78, 5) is 26.5. The number of hydrogen-bond acceptors (Lipinski definition) is 5. The minimum Gasteiger partial charge on any atom is -0.475 e. The molecule has 0 radical (unpaired) electrons. The molecule has 0 N–H and O–H groups in total. The highest BCUT2D eigenvalue weighted by Gasteiger charge is 2.31. The summed E-state index contributed by atoms with van der Waals surface area (Å²) in [6.45, 7) is 3.73. The largest absolute Gasteiger partial charge is 0.475 e. The van der Waals surface area contributed by atoms with Crippen LogP contribution in [-0.4, -0.2) is 45.0 Å². The average molecular weight is 448 g/mol. The average Bonchev–Trinajstić information content (AvgIpc) is 2.78. The number of nitrogens with zero attached hydrogens (tertiary/aromatic N) is 4. The predicted molar refractivity (Wildman–Crippen MR) is 108 cm³/mol. The molecule has 3 aromatic rings. The van der Waals surface area contributed by atoms with Crippen molar-refractivity contribution < 1.29 is 27.1 Å². The van der Waals surface area contributed by atoms with E-state index in [0.29, 0.717) is 6.20 Å². The zero-order valence-electron chi connectivity index (χ0n) is 17.3. The number of likely N-dealkylation sites (N-methyl/N-ethyl adjacent to an activating group) is 1.